The average Bonchev–Trinajstić information content (AvgIpc) is 2.91. The highest BCUT2D eigenvalue weighted by Crippen LogP contribution is 2.27. The number of hydrogen-bond donors (Lipinski definition) is 3. The predicted molar refractivity (Wildman–Crippen MR) is 140 cm³/mol. The van der Waals surface area contributed by atoms with Gasteiger partial charge in [0.25, 0.3) is 5.56 Å². The van der Waals surface area contributed by atoms with E-state index in [-0.39, 0.29) is 11.6 Å². The zero-order chi connectivity index (χ0) is 25.3. The third-order valence-electron chi connectivity index (χ3n) is 5.21. The molecule has 2 amide bonds. The molecule has 0 unspecified atom stereocenters. The maximum atomic E-state index is 12.6. The van der Waals surface area contributed by atoms with Crippen LogP contribution in [0, 0.1) is 11.3 Å². The Kier molecular flexibility index (Phi) is 8.01. The van der Waals surface area contributed by atoms with Gasteiger partial charge in [-0.2, -0.15) is 5.26 Å². The molecular formula is C27H23N5O3S. The number of urea groups is 1. The van der Waals surface area contributed by atoms with Crippen molar-refractivity contribution in [3.8, 4) is 23.1 Å². The fourth-order valence-corrected chi connectivity index (χ4v) is 4.25. The van der Waals surface area contributed by atoms with Crippen molar-refractivity contribution in [1.29, 1.82) is 5.26 Å². The summed E-state index contributed by atoms with van der Waals surface area (Å²) in [5.74, 6) is 1.10. The lowest BCUT2D eigenvalue weighted by molar-refractivity contribution is 0.251. The molecule has 0 bridgehead atoms. The summed E-state index contributed by atoms with van der Waals surface area (Å²) in [4.78, 5) is 32.0. The highest BCUT2D eigenvalue weighted by Gasteiger charge is 2.14. The molecule has 36 heavy (non-hydrogen) atoms. The smallest absolute Gasteiger partial charge is 0.319 e. The molecule has 0 aliphatic rings. The van der Waals surface area contributed by atoms with Crippen LogP contribution < -0.4 is 20.9 Å². The molecule has 180 valence electrons. The van der Waals surface area contributed by atoms with Crippen LogP contribution in [0.15, 0.2) is 88.8 Å². The van der Waals surface area contributed by atoms with Crippen molar-refractivity contribution in [1.82, 2.24) is 15.3 Å². The molecule has 3 N–H and O–H groups in total. The summed E-state index contributed by atoms with van der Waals surface area (Å²) in [6.07, 6.45) is 0. The van der Waals surface area contributed by atoms with E-state index < -0.39 is 5.56 Å². The summed E-state index contributed by atoms with van der Waals surface area (Å²) in [6, 6.07) is 25.8. The molecule has 4 aromatic rings. The number of thioether (sulfide) groups is 1. The largest absolute Gasteiger partial charge is 0.497 e. The second-order valence-corrected chi connectivity index (χ2v) is 8.68. The van der Waals surface area contributed by atoms with Crippen molar-refractivity contribution in [2.75, 3.05) is 12.4 Å². The van der Waals surface area contributed by atoms with Crippen molar-refractivity contribution in [3.05, 3.63) is 106 Å². The minimum Gasteiger partial charge on any atom is -0.497 e. The van der Waals surface area contributed by atoms with Crippen LogP contribution in [0.2, 0.25) is 0 Å². The van der Waals surface area contributed by atoms with Gasteiger partial charge in [-0.1, -0.05) is 66.4 Å². The van der Waals surface area contributed by atoms with Gasteiger partial charge in [-0.15, -0.1) is 0 Å². The molecule has 0 atom stereocenters. The van der Waals surface area contributed by atoms with Crippen molar-refractivity contribution in [2.24, 2.45) is 0 Å². The molecule has 0 radical (unpaired) electrons. The van der Waals surface area contributed by atoms with E-state index in [1.807, 2.05) is 54.6 Å². The van der Waals surface area contributed by atoms with Crippen LogP contribution in [0.3, 0.4) is 0 Å². The first kappa shape index (κ1) is 24.6. The summed E-state index contributed by atoms with van der Waals surface area (Å²) < 4.78 is 5.26. The topological polar surface area (TPSA) is 120 Å². The van der Waals surface area contributed by atoms with Gasteiger partial charge in [-0.25, -0.2) is 9.78 Å². The van der Waals surface area contributed by atoms with E-state index in [1.54, 1.807) is 37.4 Å². The zero-order valence-electron chi connectivity index (χ0n) is 19.4. The SMILES string of the molecule is COc1cccc(-c2nc(SCc3cccc(NC(=O)NCc4ccccc4)c3)[nH]c(=O)c2C#N)c1. The number of ether oxygens (including phenoxy) is 1. The van der Waals surface area contributed by atoms with Gasteiger partial charge in [-0.3, -0.25) is 4.79 Å². The van der Waals surface area contributed by atoms with E-state index in [0.717, 1.165) is 11.1 Å². The molecule has 0 aliphatic carbocycles. The molecule has 4 rings (SSSR count). The summed E-state index contributed by atoms with van der Waals surface area (Å²) in [5.41, 5.74) is 2.95. The van der Waals surface area contributed by atoms with Crippen LogP contribution in [0.4, 0.5) is 10.5 Å². The molecule has 3 aromatic carbocycles. The highest BCUT2D eigenvalue weighted by atomic mass is 32.2. The van der Waals surface area contributed by atoms with E-state index >= 15 is 0 Å². The van der Waals surface area contributed by atoms with E-state index in [0.29, 0.717) is 40.1 Å². The number of nitrogens with zero attached hydrogens (tertiary/aromatic N) is 2. The van der Waals surface area contributed by atoms with E-state index in [1.165, 1.54) is 11.8 Å². The number of carbonyl (C=O) groups is 1. The van der Waals surface area contributed by atoms with Gasteiger partial charge in [0.15, 0.2) is 5.16 Å². The third kappa shape index (κ3) is 6.31. The van der Waals surface area contributed by atoms with Gasteiger partial charge in [0, 0.05) is 23.5 Å². The quantitative estimate of drug-likeness (QED) is 0.235. The van der Waals surface area contributed by atoms with Gasteiger partial charge in [0.2, 0.25) is 0 Å². The Bertz CT molecular complexity index is 1460. The van der Waals surface area contributed by atoms with E-state index in [2.05, 4.69) is 20.6 Å². The lowest BCUT2D eigenvalue weighted by Crippen LogP contribution is -2.28. The Balaban J connectivity index is 1.44. The molecular weight excluding hydrogens is 474 g/mol. The maximum absolute atomic E-state index is 12.6. The molecule has 0 fully saturated rings. The number of methoxy groups -OCH3 is 1. The van der Waals surface area contributed by atoms with Crippen LogP contribution in [-0.2, 0) is 12.3 Å². The van der Waals surface area contributed by atoms with Gasteiger partial charge in [-0.05, 0) is 35.4 Å². The zero-order valence-corrected chi connectivity index (χ0v) is 20.3. The fourth-order valence-electron chi connectivity index (χ4n) is 3.45. The summed E-state index contributed by atoms with van der Waals surface area (Å²) in [7, 11) is 1.55. The number of aromatic nitrogens is 2. The normalized spacial score (nSPS) is 10.3. The summed E-state index contributed by atoms with van der Waals surface area (Å²) in [5, 5.41) is 15.6. The first-order valence-corrected chi connectivity index (χ1v) is 12.0. The number of benzene rings is 3. The number of amides is 2. The fraction of sp³-hybridized carbons (Fsp3) is 0.111. The summed E-state index contributed by atoms with van der Waals surface area (Å²) >= 11 is 1.33. The Morgan fingerprint density at radius 2 is 1.83 bits per heavy atom. The number of nitrogens with one attached hydrogen (secondary N) is 3. The minimum absolute atomic E-state index is 0.0553. The molecule has 0 saturated carbocycles. The first-order valence-electron chi connectivity index (χ1n) is 11.0. The van der Waals surface area contributed by atoms with Gasteiger partial charge >= 0.3 is 6.03 Å². The van der Waals surface area contributed by atoms with Crippen molar-refractivity contribution in [3.63, 3.8) is 0 Å². The van der Waals surface area contributed by atoms with Crippen molar-refractivity contribution in [2.45, 2.75) is 17.5 Å². The number of hydrogen-bond acceptors (Lipinski definition) is 6. The number of anilines is 1. The van der Waals surface area contributed by atoms with Crippen LogP contribution in [0.5, 0.6) is 5.75 Å². The van der Waals surface area contributed by atoms with Gasteiger partial charge < -0.3 is 20.4 Å². The van der Waals surface area contributed by atoms with Crippen molar-refractivity contribution < 1.29 is 9.53 Å². The highest BCUT2D eigenvalue weighted by molar-refractivity contribution is 7.98. The number of H-pyrrole nitrogens is 1. The third-order valence-corrected chi connectivity index (χ3v) is 6.15. The monoisotopic (exact) mass is 497 g/mol. The minimum atomic E-state index is -0.502. The van der Waals surface area contributed by atoms with Crippen LogP contribution >= 0.6 is 11.8 Å². The average molecular weight is 498 g/mol. The standard InChI is InChI=1S/C27H23N5O3S/c1-35-22-12-6-10-20(14-22)24-23(15-28)25(33)32-27(31-24)36-17-19-9-5-11-21(13-19)30-26(34)29-16-18-7-3-2-4-8-18/h2-14H,16-17H2,1H3,(H2,29,30,34)(H,31,32,33). The van der Waals surface area contributed by atoms with Gasteiger partial charge in [0.05, 0.1) is 12.8 Å². The number of aromatic amines is 1. The number of rotatable bonds is 8. The maximum Gasteiger partial charge on any atom is 0.319 e. The molecule has 9 heteroatoms. The Morgan fingerprint density at radius 1 is 1.06 bits per heavy atom. The predicted octanol–water partition coefficient (Wildman–Crippen LogP) is 4.93. The number of nitriles is 1. The van der Waals surface area contributed by atoms with Crippen LogP contribution in [-0.4, -0.2) is 23.1 Å². The molecule has 0 aliphatic heterocycles. The molecule has 0 spiro atoms. The second kappa shape index (κ2) is 11.7. The van der Waals surface area contributed by atoms with Crippen LogP contribution in [0.25, 0.3) is 11.3 Å². The lowest BCUT2D eigenvalue weighted by atomic mass is 10.1. The molecule has 8 nitrogen and oxygen atoms in total. The Morgan fingerprint density at radius 3 is 2.61 bits per heavy atom. The molecule has 1 aromatic heterocycles. The van der Waals surface area contributed by atoms with Crippen LogP contribution in [0.1, 0.15) is 16.7 Å². The van der Waals surface area contributed by atoms with Gasteiger partial charge in [0.1, 0.15) is 17.4 Å². The summed E-state index contributed by atoms with van der Waals surface area (Å²) in [6.45, 7) is 0.426. The molecule has 1 heterocycles. The van der Waals surface area contributed by atoms with E-state index in [9.17, 15) is 14.9 Å². The van der Waals surface area contributed by atoms with Crippen molar-refractivity contribution >= 4 is 23.5 Å². The Hall–Kier alpha value is -4.55. The lowest BCUT2D eigenvalue weighted by Gasteiger charge is -2.10. The van der Waals surface area contributed by atoms with E-state index in [4.69, 9.17) is 4.74 Å². The molecule has 0 saturated heterocycles. The second-order valence-electron chi connectivity index (χ2n) is 7.72. The first-order chi connectivity index (χ1) is 17.6. The number of carbonyl (C=O) groups excluding carboxylic acids is 1. The Labute approximate surface area is 212 Å².